The van der Waals surface area contributed by atoms with Gasteiger partial charge in [-0.2, -0.15) is 4.98 Å². The number of rotatable bonds is 2. The average molecular weight is 335 g/mol. The third-order valence-corrected chi connectivity index (χ3v) is 4.06. The number of aromatic nitrogens is 2. The Hall–Kier alpha value is -1.66. The molecule has 0 saturated heterocycles. The largest absolute Gasteiger partial charge is 0.368 e. The van der Waals surface area contributed by atoms with Crippen molar-refractivity contribution in [2.75, 3.05) is 11.1 Å². The van der Waals surface area contributed by atoms with Crippen molar-refractivity contribution < 1.29 is 0 Å². The van der Waals surface area contributed by atoms with E-state index in [-0.39, 0.29) is 5.95 Å². The Labute approximate surface area is 122 Å². The zero-order valence-electron chi connectivity index (χ0n) is 10.1. The Bertz CT molecular complexity index is 753. The molecule has 3 rings (SSSR count). The lowest BCUT2D eigenvalue weighted by Crippen LogP contribution is -2.00. The maximum Gasteiger partial charge on any atom is 0.223 e. The monoisotopic (exact) mass is 334 g/mol. The fraction of sp³-hybridized carbons (Fsp3) is 0.0769. The fourth-order valence-corrected chi connectivity index (χ4v) is 3.14. The maximum absolute atomic E-state index is 5.75. The van der Waals surface area contributed by atoms with E-state index >= 15 is 0 Å². The molecule has 0 spiro atoms. The minimum absolute atomic E-state index is 0.284. The highest BCUT2D eigenvalue weighted by Gasteiger charge is 2.09. The van der Waals surface area contributed by atoms with Gasteiger partial charge in [0.15, 0.2) is 0 Å². The first-order valence-corrected chi connectivity index (χ1v) is 7.29. The summed E-state index contributed by atoms with van der Waals surface area (Å²) in [5.74, 6) is 1.02. The third kappa shape index (κ3) is 2.54. The summed E-state index contributed by atoms with van der Waals surface area (Å²) in [7, 11) is 0. The summed E-state index contributed by atoms with van der Waals surface area (Å²) in [5.41, 5.74) is 6.71. The van der Waals surface area contributed by atoms with Crippen LogP contribution in [-0.2, 0) is 0 Å². The molecule has 0 radical (unpaired) electrons. The third-order valence-electron chi connectivity index (χ3n) is 2.62. The van der Waals surface area contributed by atoms with E-state index in [1.807, 2.05) is 31.2 Å². The van der Waals surface area contributed by atoms with Gasteiger partial charge in [-0.1, -0.05) is 22.0 Å². The number of fused-ring (bicyclic) bond motifs is 1. The standard InChI is InChI=1S/C13H11BrN4S/c1-7-5-10-11(17-13(15)18-12(10)19-7)16-9-4-2-3-8(14)6-9/h2-6H,1H3,(H3,15,16,17,18). The second-order valence-electron chi connectivity index (χ2n) is 4.14. The van der Waals surface area contributed by atoms with E-state index in [4.69, 9.17) is 5.73 Å². The molecule has 19 heavy (non-hydrogen) atoms. The number of halogens is 1. The highest BCUT2D eigenvalue weighted by atomic mass is 79.9. The molecule has 0 aliphatic carbocycles. The molecule has 0 unspecified atom stereocenters. The summed E-state index contributed by atoms with van der Waals surface area (Å²) >= 11 is 5.06. The van der Waals surface area contributed by atoms with Gasteiger partial charge in [0.25, 0.3) is 0 Å². The van der Waals surface area contributed by atoms with Gasteiger partial charge in [0.1, 0.15) is 10.6 Å². The van der Waals surface area contributed by atoms with Crippen molar-refractivity contribution in [1.82, 2.24) is 9.97 Å². The van der Waals surface area contributed by atoms with Gasteiger partial charge in [-0.25, -0.2) is 4.98 Å². The van der Waals surface area contributed by atoms with E-state index in [1.165, 1.54) is 4.88 Å². The van der Waals surface area contributed by atoms with Crippen molar-refractivity contribution in [2.24, 2.45) is 0 Å². The first-order valence-electron chi connectivity index (χ1n) is 5.68. The van der Waals surface area contributed by atoms with Crippen LogP contribution >= 0.6 is 27.3 Å². The Morgan fingerprint density at radius 1 is 1.26 bits per heavy atom. The van der Waals surface area contributed by atoms with Gasteiger partial charge in [-0.15, -0.1) is 11.3 Å². The quantitative estimate of drug-likeness (QED) is 0.740. The van der Waals surface area contributed by atoms with Crippen LogP contribution in [0.25, 0.3) is 10.2 Å². The number of nitrogens with two attached hydrogens (primary N) is 1. The molecule has 2 aromatic heterocycles. The highest BCUT2D eigenvalue weighted by Crippen LogP contribution is 2.31. The van der Waals surface area contributed by atoms with Gasteiger partial charge in [-0.05, 0) is 31.2 Å². The molecule has 0 saturated carbocycles. The number of aryl methyl sites for hydroxylation is 1. The number of nitrogen functional groups attached to an aromatic ring is 1. The molecule has 0 bridgehead atoms. The molecule has 0 amide bonds. The summed E-state index contributed by atoms with van der Waals surface area (Å²) in [5, 5.41) is 4.28. The average Bonchev–Trinajstić information content (AvgIpc) is 2.69. The Morgan fingerprint density at radius 2 is 2.11 bits per heavy atom. The SMILES string of the molecule is Cc1cc2c(Nc3cccc(Br)c3)nc(N)nc2s1. The first kappa shape index (κ1) is 12.4. The zero-order valence-corrected chi connectivity index (χ0v) is 12.5. The molecular weight excluding hydrogens is 324 g/mol. The molecule has 2 heterocycles. The molecule has 96 valence electrons. The van der Waals surface area contributed by atoms with Crippen molar-refractivity contribution in [2.45, 2.75) is 6.92 Å². The van der Waals surface area contributed by atoms with Crippen LogP contribution in [0.3, 0.4) is 0 Å². The summed E-state index contributed by atoms with van der Waals surface area (Å²) in [6, 6.07) is 9.98. The van der Waals surface area contributed by atoms with E-state index in [0.717, 1.165) is 26.2 Å². The van der Waals surface area contributed by atoms with Crippen molar-refractivity contribution in [1.29, 1.82) is 0 Å². The van der Waals surface area contributed by atoms with E-state index in [0.29, 0.717) is 0 Å². The lowest BCUT2D eigenvalue weighted by Gasteiger charge is -2.07. The number of nitrogens with one attached hydrogen (secondary N) is 1. The maximum atomic E-state index is 5.75. The number of benzene rings is 1. The van der Waals surface area contributed by atoms with Gasteiger partial charge in [0.05, 0.1) is 5.39 Å². The summed E-state index contributed by atoms with van der Waals surface area (Å²) < 4.78 is 1.01. The minimum atomic E-state index is 0.284. The Balaban J connectivity index is 2.09. The highest BCUT2D eigenvalue weighted by molar-refractivity contribution is 9.10. The number of nitrogens with zero attached hydrogens (tertiary/aromatic N) is 2. The van der Waals surface area contributed by atoms with Crippen molar-refractivity contribution in [3.8, 4) is 0 Å². The molecule has 3 aromatic rings. The molecule has 0 fully saturated rings. The Morgan fingerprint density at radius 3 is 2.89 bits per heavy atom. The van der Waals surface area contributed by atoms with Gasteiger partial charge in [-0.3, -0.25) is 0 Å². The molecule has 6 heteroatoms. The fourth-order valence-electron chi connectivity index (χ4n) is 1.86. The summed E-state index contributed by atoms with van der Waals surface area (Å²) in [6.07, 6.45) is 0. The van der Waals surface area contributed by atoms with Gasteiger partial charge in [0.2, 0.25) is 5.95 Å². The van der Waals surface area contributed by atoms with Gasteiger partial charge in [0, 0.05) is 15.0 Å². The van der Waals surface area contributed by atoms with Crippen LogP contribution in [0.4, 0.5) is 17.5 Å². The van der Waals surface area contributed by atoms with E-state index in [2.05, 4.69) is 37.3 Å². The second kappa shape index (κ2) is 4.79. The zero-order chi connectivity index (χ0) is 13.4. The number of thiophene rings is 1. The van der Waals surface area contributed by atoms with Crippen LogP contribution in [0, 0.1) is 6.92 Å². The molecular formula is C13H11BrN4S. The van der Waals surface area contributed by atoms with Crippen LogP contribution in [0.1, 0.15) is 4.88 Å². The van der Waals surface area contributed by atoms with Crippen molar-refractivity contribution in [3.05, 3.63) is 39.7 Å². The van der Waals surface area contributed by atoms with E-state index in [9.17, 15) is 0 Å². The molecule has 0 aliphatic heterocycles. The smallest absolute Gasteiger partial charge is 0.223 e. The lowest BCUT2D eigenvalue weighted by molar-refractivity contribution is 1.24. The number of hydrogen-bond acceptors (Lipinski definition) is 5. The van der Waals surface area contributed by atoms with Crippen molar-refractivity contribution in [3.63, 3.8) is 0 Å². The van der Waals surface area contributed by atoms with Crippen LogP contribution in [-0.4, -0.2) is 9.97 Å². The predicted molar refractivity (Wildman–Crippen MR) is 84.0 cm³/mol. The van der Waals surface area contributed by atoms with Crippen LogP contribution in [0.2, 0.25) is 0 Å². The minimum Gasteiger partial charge on any atom is -0.368 e. The van der Waals surface area contributed by atoms with E-state index in [1.54, 1.807) is 11.3 Å². The van der Waals surface area contributed by atoms with Crippen LogP contribution in [0.15, 0.2) is 34.8 Å². The number of hydrogen-bond donors (Lipinski definition) is 2. The molecule has 3 N–H and O–H groups in total. The summed E-state index contributed by atoms with van der Waals surface area (Å²) in [6.45, 7) is 2.05. The van der Waals surface area contributed by atoms with Crippen LogP contribution < -0.4 is 11.1 Å². The van der Waals surface area contributed by atoms with E-state index < -0.39 is 0 Å². The van der Waals surface area contributed by atoms with Crippen LogP contribution in [0.5, 0.6) is 0 Å². The molecule has 0 atom stereocenters. The molecule has 4 nitrogen and oxygen atoms in total. The normalized spacial score (nSPS) is 10.8. The topological polar surface area (TPSA) is 63.8 Å². The Kier molecular flexibility index (Phi) is 3.12. The second-order valence-corrected chi connectivity index (χ2v) is 6.29. The first-order chi connectivity index (χ1) is 9.11. The lowest BCUT2D eigenvalue weighted by atomic mass is 10.3. The summed E-state index contributed by atoms with van der Waals surface area (Å²) in [4.78, 5) is 10.6. The van der Waals surface area contributed by atoms with Gasteiger partial charge >= 0.3 is 0 Å². The molecule has 1 aromatic carbocycles. The molecule has 0 aliphatic rings. The predicted octanol–water partition coefficient (Wildman–Crippen LogP) is 4.09. The number of anilines is 3. The van der Waals surface area contributed by atoms with Gasteiger partial charge < -0.3 is 11.1 Å². The van der Waals surface area contributed by atoms with Crippen molar-refractivity contribution >= 4 is 54.9 Å².